The van der Waals surface area contributed by atoms with Crippen molar-refractivity contribution in [3.05, 3.63) is 18.0 Å². The van der Waals surface area contributed by atoms with Crippen LogP contribution in [0.3, 0.4) is 0 Å². The largest absolute Gasteiger partial charge is 0.374 e. The Bertz CT molecular complexity index is 381. The fourth-order valence-electron chi connectivity index (χ4n) is 2.43. The van der Waals surface area contributed by atoms with Crippen LogP contribution in [0.4, 0.5) is 0 Å². The Morgan fingerprint density at radius 3 is 3.00 bits per heavy atom. The van der Waals surface area contributed by atoms with Gasteiger partial charge in [0.05, 0.1) is 18.2 Å². The predicted octanol–water partition coefficient (Wildman–Crippen LogP) is 2.54. The molecule has 100 valence electrons. The van der Waals surface area contributed by atoms with Gasteiger partial charge in [0.2, 0.25) is 0 Å². The Morgan fingerprint density at radius 1 is 1.50 bits per heavy atom. The summed E-state index contributed by atoms with van der Waals surface area (Å²) in [6.45, 7) is 2.90. The Kier molecular flexibility index (Phi) is 4.93. The van der Waals surface area contributed by atoms with Crippen molar-refractivity contribution in [3.8, 4) is 0 Å². The van der Waals surface area contributed by atoms with Crippen LogP contribution < -0.4 is 0 Å². The molecular weight excluding hydrogens is 228 g/mol. The molecule has 0 bridgehead atoms. The molecule has 1 saturated carbocycles. The molecule has 1 aromatic heterocycles. The van der Waals surface area contributed by atoms with E-state index in [0.29, 0.717) is 19.1 Å². The van der Waals surface area contributed by atoms with Gasteiger partial charge in [-0.3, -0.25) is 9.48 Å². The molecule has 0 radical (unpaired) electrons. The number of aromatic nitrogens is 2. The third kappa shape index (κ3) is 3.67. The van der Waals surface area contributed by atoms with Gasteiger partial charge in [-0.25, -0.2) is 0 Å². The second-order valence-corrected chi connectivity index (χ2v) is 4.99. The Labute approximate surface area is 108 Å². The minimum absolute atomic E-state index is 0.111. The lowest BCUT2D eigenvalue weighted by Crippen LogP contribution is -2.13. The molecule has 1 aromatic rings. The number of carbonyl (C=O) groups excluding carboxylic acids is 1. The van der Waals surface area contributed by atoms with E-state index in [0.717, 1.165) is 12.1 Å². The van der Waals surface area contributed by atoms with Crippen molar-refractivity contribution in [2.45, 2.75) is 51.5 Å². The maximum absolute atomic E-state index is 11.6. The molecule has 0 unspecified atom stereocenters. The van der Waals surface area contributed by atoms with Crippen LogP contribution in [0.1, 0.15) is 50.8 Å². The monoisotopic (exact) mass is 250 g/mol. The molecule has 4 heteroatoms. The molecule has 2 rings (SSSR count). The van der Waals surface area contributed by atoms with Gasteiger partial charge in [-0.05, 0) is 25.3 Å². The normalized spacial score (nSPS) is 16.3. The van der Waals surface area contributed by atoms with E-state index >= 15 is 0 Å². The van der Waals surface area contributed by atoms with Crippen molar-refractivity contribution in [2.24, 2.45) is 0 Å². The molecule has 18 heavy (non-hydrogen) atoms. The molecule has 0 aliphatic heterocycles. The van der Waals surface area contributed by atoms with Crippen LogP contribution in [0.15, 0.2) is 12.3 Å². The van der Waals surface area contributed by atoms with Crippen molar-refractivity contribution in [3.63, 3.8) is 0 Å². The quantitative estimate of drug-likeness (QED) is 0.698. The molecule has 1 aliphatic rings. The Balaban J connectivity index is 1.80. The van der Waals surface area contributed by atoms with Crippen LogP contribution in [-0.2, 0) is 16.0 Å². The van der Waals surface area contributed by atoms with Gasteiger partial charge >= 0.3 is 0 Å². The van der Waals surface area contributed by atoms with Gasteiger partial charge in [0.15, 0.2) is 5.78 Å². The second kappa shape index (κ2) is 6.69. The van der Waals surface area contributed by atoms with E-state index in [9.17, 15) is 4.79 Å². The first-order valence-electron chi connectivity index (χ1n) is 6.93. The molecule has 0 atom stereocenters. The van der Waals surface area contributed by atoms with Crippen LogP contribution in [-0.4, -0.2) is 28.8 Å². The van der Waals surface area contributed by atoms with Crippen molar-refractivity contribution >= 4 is 5.78 Å². The molecule has 0 saturated heterocycles. The Morgan fingerprint density at radius 2 is 2.28 bits per heavy atom. The lowest BCUT2D eigenvalue weighted by atomic mass is 10.2. The zero-order valence-electron chi connectivity index (χ0n) is 11.1. The highest BCUT2D eigenvalue weighted by Gasteiger charge is 2.17. The first-order chi connectivity index (χ1) is 8.79. The highest BCUT2D eigenvalue weighted by atomic mass is 16.5. The van der Waals surface area contributed by atoms with E-state index in [1.54, 1.807) is 0 Å². The van der Waals surface area contributed by atoms with Crippen LogP contribution in [0.5, 0.6) is 0 Å². The van der Waals surface area contributed by atoms with E-state index in [1.165, 1.54) is 25.7 Å². The average molecular weight is 250 g/mol. The summed E-state index contributed by atoms with van der Waals surface area (Å²) < 4.78 is 7.27. The van der Waals surface area contributed by atoms with Gasteiger partial charge in [0.25, 0.3) is 0 Å². The lowest BCUT2D eigenvalue weighted by Gasteiger charge is -2.08. The first kappa shape index (κ1) is 13.3. The maximum atomic E-state index is 11.6. The van der Waals surface area contributed by atoms with Crippen LogP contribution in [0.2, 0.25) is 0 Å². The van der Waals surface area contributed by atoms with E-state index in [2.05, 4.69) is 5.10 Å². The van der Waals surface area contributed by atoms with Crippen LogP contribution >= 0.6 is 0 Å². The molecule has 1 fully saturated rings. The molecule has 4 nitrogen and oxygen atoms in total. The predicted molar refractivity (Wildman–Crippen MR) is 69.6 cm³/mol. The SMILES string of the molecule is CCCOCC(=O)Cc1ccn(C2CCCC2)n1. The highest BCUT2D eigenvalue weighted by molar-refractivity contribution is 5.81. The zero-order chi connectivity index (χ0) is 12.8. The third-order valence-electron chi connectivity index (χ3n) is 3.35. The minimum atomic E-state index is 0.111. The number of ether oxygens (including phenoxy) is 1. The summed E-state index contributed by atoms with van der Waals surface area (Å²) in [6, 6.07) is 2.50. The molecule has 0 amide bonds. The molecule has 0 aromatic carbocycles. The number of ketones is 1. The number of hydrogen-bond acceptors (Lipinski definition) is 3. The van der Waals surface area contributed by atoms with Gasteiger partial charge in [-0.1, -0.05) is 19.8 Å². The number of nitrogens with zero attached hydrogens (tertiary/aromatic N) is 2. The number of hydrogen-bond donors (Lipinski definition) is 0. The van der Waals surface area contributed by atoms with E-state index in [1.807, 2.05) is 23.9 Å². The van der Waals surface area contributed by atoms with Crippen LogP contribution in [0.25, 0.3) is 0 Å². The first-order valence-corrected chi connectivity index (χ1v) is 6.93. The van der Waals surface area contributed by atoms with E-state index < -0.39 is 0 Å². The summed E-state index contributed by atoms with van der Waals surface area (Å²) in [7, 11) is 0. The molecule has 0 spiro atoms. The van der Waals surface area contributed by atoms with Crippen molar-refractivity contribution in [2.75, 3.05) is 13.2 Å². The Hall–Kier alpha value is -1.16. The minimum Gasteiger partial charge on any atom is -0.374 e. The number of rotatable bonds is 7. The van der Waals surface area contributed by atoms with E-state index in [4.69, 9.17) is 4.74 Å². The van der Waals surface area contributed by atoms with Crippen LogP contribution in [0, 0.1) is 0 Å². The van der Waals surface area contributed by atoms with Gasteiger partial charge < -0.3 is 4.74 Å². The fraction of sp³-hybridized carbons (Fsp3) is 0.714. The van der Waals surface area contributed by atoms with Gasteiger partial charge in [-0.2, -0.15) is 5.10 Å². The lowest BCUT2D eigenvalue weighted by molar-refractivity contribution is -0.123. The molecular formula is C14H22N2O2. The van der Waals surface area contributed by atoms with Crippen molar-refractivity contribution < 1.29 is 9.53 Å². The fourth-order valence-corrected chi connectivity index (χ4v) is 2.43. The summed E-state index contributed by atoms with van der Waals surface area (Å²) in [5, 5.41) is 4.50. The highest BCUT2D eigenvalue weighted by Crippen LogP contribution is 2.28. The van der Waals surface area contributed by atoms with E-state index in [-0.39, 0.29) is 12.4 Å². The summed E-state index contributed by atoms with van der Waals surface area (Å²) in [4.78, 5) is 11.6. The van der Waals surface area contributed by atoms with Crippen molar-refractivity contribution in [1.82, 2.24) is 9.78 Å². The van der Waals surface area contributed by atoms with Crippen molar-refractivity contribution in [1.29, 1.82) is 0 Å². The zero-order valence-corrected chi connectivity index (χ0v) is 11.1. The summed E-state index contributed by atoms with van der Waals surface area (Å²) in [5.41, 5.74) is 0.868. The molecule has 1 heterocycles. The standard InChI is InChI=1S/C14H22N2O2/c1-2-9-18-11-14(17)10-12-7-8-16(15-12)13-5-3-4-6-13/h7-8,13H,2-6,9-11H2,1H3. The maximum Gasteiger partial charge on any atom is 0.164 e. The topological polar surface area (TPSA) is 44.1 Å². The van der Waals surface area contributed by atoms with Gasteiger partial charge in [0, 0.05) is 12.8 Å². The summed E-state index contributed by atoms with van der Waals surface area (Å²) >= 11 is 0. The number of carbonyl (C=O) groups is 1. The summed E-state index contributed by atoms with van der Waals surface area (Å²) in [6.07, 6.45) is 8.37. The number of Topliss-reactive ketones (excluding diaryl/α,β-unsaturated/α-hetero) is 1. The van der Waals surface area contributed by atoms with Gasteiger partial charge in [-0.15, -0.1) is 0 Å². The van der Waals surface area contributed by atoms with Gasteiger partial charge in [0.1, 0.15) is 6.61 Å². The summed E-state index contributed by atoms with van der Waals surface area (Å²) in [5.74, 6) is 0.111. The average Bonchev–Trinajstić information content (AvgIpc) is 2.98. The third-order valence-corrected chi connectivity index (χ3v) is 3.35. The molecule has 0 N–H and O–H groups in total. The smallest absolute Gasteiger partial charge is 0.164 e. The molecule has 1 aliphatic carbocycles. The second-order valence-electron chi connectivity index (χ2n) is 4.99.